The molecule has 9 heteroatoms. The van der Waals surface area contributed by atoms with Gasteiger partial charge in [0.2, 0.25) is 0 Å². The molecule has 6 nitrogen and oxygen atoms in total. The molecule has 0 bridgehead atoms. The maximum atomic E-state index is 12.3. The molecule has 2 N–H and O–H groups in total. The summed E-state index contributed by atoms with van der Waals surface area (Å²) < 4.78 is 46.8. The quantitative estimate of drug-likeness (QED) is 0.589. The Morgan fingerprint density at radius 3 is 2.73 bits per heavy atom. The number of rotatable bonds is 6. The molecule has 0 radical (unpaired) electrons. The summed E-state index contributed by atoms with van der Waals surface area (Å²) in [6.45, 7) is 2.85. The van der Waals surface area contributed by atoms with Crippen LogP contribution in [0.25, 0.3) is 0 Å². The van der Waals surface area contributed by atoms with Gasteiger partial charge in [-0.1, -0.05) is 6.07 Å². The normalized spacial score (nSPS) is 18.2. The predicted octanol–water partition coefficient (Wildman–Crippen LogP) is 2.17. The van der Waals surface area contributed by atoms with Gasteiger partial charge in [0.05, 0.1) is 19.8 Å². The number of halogens is 3. The average Bonchev–Trinajstić information content (AvgIpc) is 3.02. The minimum absolute atomic E-state index is 0.0344. The van der Waals surface area contributed by atoms with E-state index in [9.17, 15) is 18.3 Å². The molecule has 0 amide bonds. The molecule has 1 aromatic carbocycles. The van der Waals surface area contributed by atoms with Crippen molar-refractivity contribution in [3.63, 3.8) is 0 Å². The number of alkyl halides is 3. The number of aliphatic imine (C=N–C) groups is 1. The molecule has 2 rings (SSSR count). The maximum absolute atomic E-state index is 12.3. The van der Waals surface area contributed by atoms with Crippen LogP contribution < -0.4 is 14.8 Å². The third-order valence-electron chi connectivity index (χ3n) is 3.83. The standard InChI is InChI=1S/C17H24F3N3O3/c1-3-21-16(23-7-6-13(24)10-23)22-9-12-4-5-14(15(8-12)25-2)26-11-17(18,19)20/h4-5,8,13,24H,3,6-7,9-11H2,1-2H3,(H,21,22)/t13-/m1/s1. The number of ether oxygens (including phenoxy) is 2. The van der Waals surface area contributed by atoms with E-state index < -0.39 is 12.8 Å². The van der Waals surface area contributed by atoms with Gasteiger partial charge in [-0.05, 0) is 31.0 Å². The highest BCUT2D eigenvalue weighted by molar-refractivity contribution is 5.80. The number of aliphatic hydroxyl groups excluding tert-OH is 1. The molecule has 1 aliphatic heterocycles. The number of benzene rings is 1. The average molecular weight is 375 g/mol. The number of hydrogen-bond donors (Lipinski definition) is 2. The molecule has 1 atom stereocenters. The highest BCUT2D eigenvalue weighted by atomic mass is 19.4. The Labute approximate surface area is 150 Å². The number of β-amino-alcohol motifs (C(OH)–C–C–N with tert-alkyl or cyclic N) is 1. The third kappa shape index (κ3) is 5.98. The van der Waals surface area contributed by atoms with Gasteiger partial charge in [-0.15, -0.1) is 0 Å². The van der Waals surface area contributed by atoms with Gasteiger partial charge < -0.3 is 24.8 Å². The summed E-state index contributed by atoms with van der Waals surface area (Å²) in [7, 11) is 1.37. The molecule has 1 heterocycles. The van der Waals surface area contributed by atoms with E-state index in [-0.39, 0.29) is 17.6 Å². The smallest absolute Gasteiger partial charge is 0.422 e. The number of methoxy groups -OCH3 is 1. The van der Waals surface area contributed by atoms with Crippen molar-refractivity contribution in [2.24, 2.45) is 4.99 Å². The number of likely N-dealkylation sites (tertiary alicyclic amines) is 1. The Kier molecular flexibility index (Phi) is 6.96. The van der Waals surface area contributed by atoms with Gasteiger partial charge in [0.25, 0.3) is 0 Å². The maximum Gasteiger partial charge on any atom is 0.422 e. The van der Waals surface area contributed by atoms with Gasteiger partial charge in [0, 0.05) is 19.6 Å². The molecule has 0 spiro atoms. The van der Waals surface area contributed by atoms with E-state index in [4.69, 9.17) is 9.47 Å². The first-order valence-corrected chi connectivity index (χ1v) is 8.40. The van der Waals surface area contributed by atoms with Crippen molar-refractivity contribution < 1.29 is 27.8 Å². The molecule has 1 aromatic rings. The Balaban J connectivity index is 2.07. The van der Waals surface area contributed by atoms with Gasteiger partial charge in [-0.2, -0.15) is 13.2 Å². The van der Waals surface area contributed by atoms with Crippen LogP contribution in [0.4, 0.5) is 13.2 Å². The predicted molar refractivity (Wildman–Crippen MR) is 91.6 cm³/mol. The Bertz CT molecular complexity index is 623. The SMILES string of the molecule is CCNC(=NCc1ccc(OCC(F)(F)F)c(OC)c1)N1CC[C@@H](O)C1. The number of hydrogen-bond acceptors (Lipinski definition) is 4. The van der Waals surface area contributed by atoms with E-state index >= 15 is 0 Å². The fourth-order valence-corrected chi connectivity index (χ4v) is 2.62. The van der Waals surface area contributed by atoms with E-state index in [1.165, 1.54) is 13.2 Å². The van der Waals surface area contributed by atoms with E-state index in [1.807, 2.05) is 11.8 Å². The van der Waals surface area contributed by atoms with Crippen LogP contribution in [0.15, 0.2) is 23.2 Å². The van der Waals surface area contributed by atoms with Crippen LogP contribution in [0.1, 0.15) is 18.9 Å². The van der Waals surface area contributed by atoms with Crippen molar-refractivity contribution >= 4 is 5.96 Å². The summed E-state index contributed by atoms with van der Waals surface area (Å²) in [5.41, 5.74) is 0.774. The summed E-state index contributed by atoms with van der Waals surface area (Å²) in [5.74, 6) is 0.955. The molecule has 1 aliphatic rings. The topological polar surface area (TPSA) is 66.3 Å². The van der Waals surface area contributed by atoms with Crippen molar-refractivity contribution in [3.8, 4) is 11.5 Å². The lowest BCUT2D eigenvalue weighted by atomic mass is 10.2. The lowest BCUT2D eigenvalue weighted by molar-refractivity contribution is -0.153. The minimum atomic E-state index is -4.41. The molecule has 146 valence electrons. The Morgan fingerprint density at radius 1 is 1.38 bits per heavy atom. The molecule has 0 aliphatic carbocycles. The van der Waals surface area contributed by atoms with Gasteiger partial charge >= 0.3 is 6.18 Å². The Morgan fingerprint density at radius 2 is 2.15 bits per heavy atom. The summed E-state index contributed by atoms with van der Waals surface area (Å²) in [5, 5.41) is 12.8. The van der Waals surface area contributed by atoms with Gasteiger partial charge in [-0.3, -0.25) is 0 Å². The van der Waals surface area contributed by atoms with Crippen LogP contribution in [0.5, 0.6) is 11.5 Å². The third-order valence-corrected chi connectivity index (χ3v) is 3.83. The summed E-state index contributed by atoms with van der Waals surface area (Å²) in [6, 6.07) is 4.71. The fraction of sp³-hybridized carbons (Fsp3) is 0.588. The molecule has 0 aromatic heterocycles. The highest BCUT2D eigenvalue weighted by Crippen LogP contribution is 2.30. The van der Waals surface area contributed by atoms with Crippen LogP contribution in [-0.2, 0) is 6.54 Å². The minimum Gasteiger partial charge on any atom is -0.493 e. The monoisotopic (exact) mass is 375 g/mol. The number of nitrogens with one attached hydrogen (secondary N) is 1. The van der Waals surface area contributed by atoms with Crippen molar-refractivity contribution in [1.29, 1.82) is 0 Å². The second-order valence-electron chi connectivity index (χ2n) is 5.95. The zero-order valence-corrected chi connectivity index (χ0v) is 14.8. The van der Waals surface area contributed by atoms with Gasteiger partial charge in [-0.25, -0.2) is 4.99 Å². The van der Waals surface area contributed by atoms with E-state index in [0.717, 1.165) is 12.1 Å². The molecular weight excluding hydrogens is 351 g/mol. The van der Waals surface area contributed by atoms with Crippen molar-refractivity contribution in [2.75, 3.05) is 33.4 Å². The molecule has 0 unspecified atom stereocenters. The van der Waals surface area contributed by atoms with Crippen LogP contribution in [0.2, 0.25) is 0 Å². The van der Waals surface area contributed by atoms with Crippen molar-refractivity contribution in [3.05, 3.63) is 23.8 Å². The van der Waals surface area contributed by atoms with Gasteiger partial charge in [0.15, 0.2) is 24.1 Å². The second kappa shape index (κ2) is 8.98. The molecule has 1 saturated heterocycles. The number of aliphatic hydroxyl groups is 1. The number of nitrogens with zero attached hydrogens (tertiary/aromatic N) is 2. The van der Waals surface area contributed by atoms with Crippen LogP contribution in [0, 0.1) is 0 Å². The first-order valence-electron chi connectivity index (χ1n) is 8.40. The largest absolute Gasteiger partial charge is 0.493 e. The van der Waals surface area contributed by atoms with Crippen LogP contribution in [-0.4, -0.2) is 61.6 Å². The first kappa shape index (κ1) is 20.2. The second-order valence-corrected chi connectivity index (χ2v) is 5.95. The van der Waals surface area contributed by atoms with Crippen molar-refractivity contribution in [2.45, 2.75) is 32.2 Å². The zero-order valence-electron chi connectivity index (χ0n) is 14.8. The molecule has 1 fully saturated rings. The fourth-order valence-electron chi connectivity index (χ4n) is 2.62. The summed E-state index contributed by atoms with van der Waals surface area (Å²) in [4.78, 5) is 6.51. The highest BCUT2D eigenvalue weighted by Gasteiger charge is 2.29. The van der Waals surface area contributed by atoms with E-state index in [2.05, 4.69) is 10.3 Å². The zero-order chi connectivity index (χ0) is 19.2. The van der Waals surface area contributed by atoms with Crippen LogP contribution >= 0.6 is 0 Å². The molecular formula is C17H24F3N3O3. The van der Waals surface area contributed by atoms with Crippen LogP contribution in [0.3, 0.4) is 0 Å². The summed E-state index contributed by atoms with van der Waals surface area (Å²) >= 11 is 0. The molecule has 26 heavy (non-hydrogen) atoms. The lowest BCUT2D eigenvalue weighted by Gasteiger charge is -2.21. The molecule has 0 saturated carbocycles. The number of guanidine groups is 1. The van der Waals surface area contributed by atoms with E-state index in [0.29, 0.717) is 32.0 Å². The van der Waals surface area contributed by atoms with Gasteiger partial charge in [0.1, 0.15) is 0 Å². The Hall–Kier alpha value is -2.16. The summed E-state index contributed by atoms with van der Waals surface area (Å²) in [6.07, 6.45) is -4.07. The first-order chi connectivity index (χ1) is 12.3. The van der Waals surface area contributed by atoms with Crippen molar-refractivity contribution in [1.82, 2.24) is 10.2 Å². The lowest BCUT2D eigenvalue weighted by Crippen LogP contribution is -2.40. The van der Waals surface area contributed by atoms with E-state index in [1.54, 1.807) is 12.1 Å².